The number of esters is 1. The Balaban J connectivity index is 2.15. The number of hydrogen-bond acceptors (Lipinski definition) is 3. The van der Waals surface area contributed by atoms with Gasteiger partial charge in [-0.1, -0.05) is 46.3 Å². The number of hydrogen-bond donors (Lipinski definition) is 1. The van der Waals surface area contributed by atoms with Gasteiger partial charge < -0.3 is 9.84 Å². The number of rotatable bonds is 3. The first-order valence-corrected chi connectivity index (χ1v) is 6.61. The molecule has 0 aliphatic carbocycles. The summed E-state index contributed by atoms with van der Waals surface area (Å²) in [5, 5.41) is 9.67. The van der Waals surface area contributed by atoms with Crippen molar-refractivity contribution in [3.8, 4) is 5.75 Å². The average molecular weight is 321 g/mol. The van der Waals surface area contributed by atoms with Gasteiger partial charge in [-0.05, 0) is 30.7 Å². The second-order valence-electron chi connectivity index (χ2n) is 4.12. The SMILES string of the molecule is C[C@@H](OC(=O)c1cc(Br)ccc1O)c1ccccc1. The molecule has 0 radical (unpaired) electrons. The van der Waals surface area contributed by atoms with E-state index in [4.69, 9.17) is 4.74 Å². The molecule has 98 valence electrons. The molecule has 2 aromatic carbocycles. The van der Waals surface area contributed by atoms with Gasteiger partial charge in [0.25, 0.3) is 0 Å². The number of ether oxygens (including phenoxy) is 1. The molecule has 0 amide bonds. The van der Waals surface area contributed by atoms with Crippen molar-refractivity contribution in [2.45, 2.75) is 13.0 Å². The predicted molar refractivity (Wildman–Crippen MR) is 76.1 cm³/mol. The summed E-state index contributed by atoms with van der Waals surface area (Å²) in [7, 11) is 0. The Morgan fingerprint density at radius 2 is 1.89 bits per heavy atom. The molecular weight excluding hydrogens is 308 g/mol. The first kappa shape index (κ1) is 13.6. The molecule has 0 aromatic heterocycles. The number of aromatic hydroxyl groups is 1. The maximum Gasteiger partial charge on any atom is 0.342 e. The van der Waals surface area contributed by atoms with Crippen LogP contribution in [-0.2, 0) is 4.74 Å². The van der Waals surface area contributed by atoms with Crippen LogP contribution in [0.25, 0.3) is 0 Å². The first-order valence-electron chi connectivity index (χ1n) is 5.82. The molecule has 0 aliphatic rings. The minimum Gasteiger partial charge on any atom is -0.507 e. The standard InChI is InChI=1S/C15H13BrO3/c1-10(11-5-3-2-4-6-11)19-15(18)13-9-12(16)7-8-14(13)17/h2-10,17H,1H3/t10-/m1/s1. The zero-order valence-electron chi connectivity index (χ0n) is 10.3. The summed E-state index contributed by atoms with van der Waals surface area (Å²) in [6.07, 6.45) is -0.368. The van der Waals surface area contributed by atoms with Gasteiger partial charge in [-0.3, -0.25) is 0 Å². The van der Waals surface area contributed by atoms with Gasteiger partial charge in [-0.2, -0.15) is 0 Å². The van der Waals surface area contributed by atoms with Gasteiger partial charge in [0, 0.05) is 4.47 Å². The third-order valence-corrected chi connectivity index (χ3v) is 3.22. The highest BCUT2D eigenvalue weighted by atomic mass is 79.9. The van der Waals surface area contributed by atoms with E-state index in [1.54, 1.807) is 13.0 Å². The van der Waals surface area contributed by atoms with Gasteiger partial charge in [0.05, 0.1) is 0 Å². The monoisotopic (exact) mass is 320 g/mol. The summed E-state index contributed by atoms with van der Waals surface area (Å²) in [6.45, 7) is 1.79. The normalized spacial score (nSPS) is 11.9. The van der Waals surface area contributed by atoms with Crippen LogP contribution in [0.4, 0.5) is 0 Å². The van der Waals surface area contributed by atoms with Crippen LogP contribution in [0, 0.1) is 0 Å². The largest absolute Gasteiger partial charge is 0.507 e. The van der Waals surface area contributed by atoms with Crippen LogP contribution in [-0.4, -0.2) is 11.1 Å². The van der Waals surface area contributed by atoms with Gasteiger partial charge in [-0.25, -0.2) is 4.79 Å². The van der Waals surface area contributed by atoms with Crippen LogP contribution in [0.1, 0.15) is 28.9 Å². The molecule has 4 heteroatoms. The lowest BCUT2D eigenvalue weighted by molar-refractivity contribution is 0.0334. The number of phenolic OH excluding ortho intramolecular Hbond substituents is 1. The molecule has 0 saturated carbocycles. The van der Waals surface area contributed by atoms with E-state index in [9.17, 15) is 9.90 Å². The first-order chi connectivity index (χ1) is 9.08. The molecule has 0 bridgehead atoms. The van der Waals surface area contributed by atoms with Crippen molar-refractivity contribution in [2.24, 2.45) is 0 Å². The second-order valence-corrected chi connectivity index (χ2v) is 5.04. The van der Waals surface area contributed by atoms with Gasteiger partial charge in [0.15, 0.2) is 0 Å². The second kappa shape index (κ2) is 5.89. The zero-order valence-corrected chi connectivity index (χ0v) is 11.9. The Kier molecular flexibility index (Phi) is 4.22. The third kappa shape index (κ3) is 3.35. The van der Waals surface area contributed by atoms with Crippen LogP contribution < -0.4 is 0 Å². The lowest BCUT2D eigenvalue weighted by Crippen LogP contribution is -2.09. The van der Waals surface area contributed by atoms with Crippen molar-refractivity contribution in [3.05, 3.63) is 64.1 Å². The number of halogens is 1. The Labute approximate surface area is 120 Å². The lowest BCUT2D eigenvalue weighted by atomic mass is 10.1. The van der Waals surface area contributed by atoms with E-state index < -0.39 is 5.97 Å². The third-order valence-electron chi connectivity index (χ3n) is 2.73. The summed E-state index contributed by atoms with van der Waals surface area (Å²) in [5.41, 5.74) is 1.06. The summed E-state index contributed by atoms with van der Waals surface area (Å²) in [6, 6.07) is 14.1. The summed E-state index contributed by atoms with van der Waals surface area (Å²) < 4.78 is 6.05. The van der Waals surface area contributed by atoms with Gasteiger partial charge >= 0.3 is 5.97 Å². The number of phenols is 1. The van der Waals surface area contributed by atoms with E-state index in [2.05, 4.69) is 15.9 Å². The van der Waals surface area contributed by atoms with Gasteiger partial charge in [0.1, 0.15) is 17.4 Å². The highest BCUT2D eigenvalue weighted by Crippen LogP contribution is 2.25. The fourth-order valence-electron chi connectivity index (χ4n) is 1.69. The molecule has 2 rings (SSSR count). The molecule has 0 spiro atoms. The van der Waals surface area contributed by atoms with E-state index in [0.717, 1.165) is 5.56 Å². The van der Waals surface area contributed by atoms with Crippen molar-refractivity contribution in [1.82, 2.24) is 0 Å². The Morgan fingerprint density at radius 3 is 2.58 bits per heavy atom. The fraction of sp³-hybridized carbons (Fsp3) is 0.133. The quantitative estimate of drug-likeness (QED) is 0.867. The molecule has 1 atom stereocenters. The number of benzene rings is 2. The Hall–Kier alpha value is -1.81. The van der Waals surface area contributed by atoms with E-state index >= 15 is 0 Å². The average Bonchev–Trinajstić information content (AvgIpc) is 2.42. The maximum atomic E-state index is 12.0. The highest BCUT2D eigenvalue weighted by Gasteiger charge is 2.17. The van der Waals surface area contributed by atoms with E-state index in [1.807, 2.05) is 30.3 Å². The smallest absolute Gasteiger partial charge is 0.342 e. The lowest BCUT2D eigenvalue weighted by Gasteiger charge is -2.14. The summed E-state index contributed by atoms with van der Waals surface area (Å²) >= 11 is 3.26. The fourth-order valence-corrected chi connectivity index (χ4v) is 2.05. The van der Waals surface area contributed by atoms with Crippen molar-refractivity contribution >= 4 is 21.9 Å². The van der Waals surface area contributed by atoms with Crippen LogP contribution in [0.2, 0.25) is 0 Å². The Morgan fingerprint density at radius 1 is 1.21 bits per heavy atom. The summed E-state index contributed by atoms with van der Waals surface area (Å²) in [4.78, 5) is 12.0. The van der Waals surface area contributed by atoms with Crippen LogP contribution in [0.3, 0.4) is 0 Å². The molecule has 19 heavy (non-hydrogen) atoms. The minimum absolute atomic E-state index is 0.0894. The van der Waals surface area contributed by atoms with Crippen molar-refractivity contribution < 1.29 is 14.6 Å². The van der Waals surface area contributed by atoms with Crippen LogP contribution >= 0.6 is 15.9 Å². The van der Waals surface area contributed by atoms with Crippen molar-refractivity contribution in [3.63, 3.8) is 0 Å². The molecule has 1 N–H and O–H groups in total. The van der Waals surface area contributed by atoms with Crippen molar-refractivity contribution in [2.75, 3.05) is 0 Å². The topological polar surface area (TPSA) is 46.5 Å². The number of carbonyl (C=O) groups is 1. The zero-order chi connectivity index (χ0) is 13.8. The Bertz CT molecular complexity index is 581. The molecule has 0 fully saturated rings. The van der Waals surface area contributed by atoms with Crippen LogP contribution in [0.5, 0.6) is 5.75 Å². The van der Waals surface area contributed by atoms with E-state index in [-0.39, 0.29) is 17.4 Å². The molecule has 0 saturated heterocycles. The van der Waals surface area contributed by atoms with E-state index in [1.165, 1.54) is 12.1 Å². The van der Waals surface area contributed by atoms with Crippen LogP contribution in [0.15, 0.2) is 53.0 Å². The minimum atomic E-state index is -0.546. The summed E-state index contributed by atoms with van der Waals surface area (Å²) in [5.74, 6) is -0.636. The molecular formula is C15H13BrO3. The molecule has 2 aromatic rings. The molecule has 0 unspecified atom stereocenters. The molecule has 3 nitrogen and oxygen atoms in total. The highest BCUT2D eigenvalue weighted by molar-refractivity contribution is 9.10. The van der Waals surface area contributed by atoms with E-state index in [0.29, 0.717) is 4.47 Å². The predicted octanol–water partition coefficient (Wildman–Crippen LogP) is 4.07. The maximum absolute atomic E-state index is 12.0. The molecule has 0 aliphatic heterocycles. The van der Waals surface area contributed by atoms with Gasteiger partial charge in [-0.15, -0.1) is 0 Å². The van der Waals surface area contributed by atoms with Crippen molar-refractivity contribution in [1.29, 1.82) is 0 Å². The number of carbonyl (C=O) groups excluding carboxylic acids is 1. The van der Waals surface area contributed by atoms with Gasteiger partial charge in [0.2, 0.25) is 0 Å². The molecule has 0 heterocycles.